The average molecular weight is 482 g/mol. The van der Waals surface area contributed by atoms with Crippen molar-refractivity contribution in [2.45, 2.75) is 6.42 Å². The highest BCUT2D eigenvalue weighted by Gasteiger charge is 2.67. The molecule has 2 amide bonds. The van der Waals surface area contributed by atoms with E-state index >= 15 is 0 Å². The third-order valence-corrected chi connectivity index (χ3v) is 7.48. The zero-order chi connectivity index (χ0) is 21.4. The molecule has 2 aromatic rings. The highest BCUT2D eigenvalue weighted by atomic mass is 79.9. The van der Waals surface area contributed by atoms with Gasteiger partial charge in [-0.25, -0.2) is 0 Å². The molecule has 5 aliphatic rings. The minimum atomic E-state index is -0.480. The number of hydrogen-bond acceptors (Lipinski definition) is 6. The zero-order valence-electron chi connectivity index (χ0n) is 16.1. The van der Waals surface area contributed by atoms with Crippen LogP contribution < -0.4 is 0 Å². The van der Waals surface area contributed by atoms with Gasteiger partial charge in [0.15, 0.2) is 0 Å². The zero-order valence-corrected chi connectivity index (χ0v) is 17.6. The van der Waals surface area contributed by atoms with Gasteiger partial charge >= 0.3 is 0 Å². The van der Waals surface area contributed by atoms with Crippen LogP contribution in [0, 0.1) is 45.6 Å². The SMILES string of the molecule is O=C1[C@@H]2[C@@H]3C=C[C@H]([C@H]4C[C@H]34)[C@@H]2C(=O)N1/N=C/c1ccc(-c2ccc(Br)cc2[N+](=O)[O-])o1. The molecule has 1 aliphatic heterocycles. The number of nitrogens with zero attached hydrogens (tertiary/aromatic N) is 3. The Labute approximate surface area is 184 Å². The van der Waals surface area contributed by atoms with E-state index in [1.54, 1.807) is 24.3 Å². The molecule has 0 spiro atoms. The summed E-state index contributed by atoms with van der Waals surface area (Å²) in [6.07, 6.45) is 6.65. The summed E-state index contributed by atoms with van der Waals surface area (Å²) in [7, 11) is 0. The van der Waals surface area contributed by atoms with Crippen molar-refractivity contribution < 1.29 is 18.9 Å². The Morgan fingerprint density at radius 3 is 2.42 bits per heavy atom. The molecule has 2 heterocycles. The Kier molecular flexibility index (Phi) is 3.89. The van der Waals surface area contributed by atoms with Gasteiger partial charge in [-0.1, -0.05) is 28.1 Å². The number of amides is 2. The summed E-state index contributed by atoms with van der Waals surface area (Å²) >= 11 is 3.23. The lowest BCUT2D eigenvalue weighted by Gasteiger charge is -2.37. The predicted octanol–water partition coefficient (Wildman–Crippen LogP) is 4.00. The topological polar surface area (TPSA) is 106 Å². The lowest BCUT2D eigenvalue weighted by Crippen LogP contribution is -2.40. The van der Waals surface area contributed by atoms with Crippen molar-refractivity contribution in [3.8, 4) is 11.3 Å². The maximum Gasteiger partial charge on any atom is 0.281 e. The number of imide groups is 1. The summed E-state index contributed by atoms with van der Waals surface area (Å²) in [4.78, 5) is 36.8. The molecule has 2 saturated carbocycles. The van der Waals surface area contributed by atoms with E-state index in [9.17, 15) is 19.7 Å². The molecule has 3 fully saturated rings. The Morgan fingerprint density at radius 1 is 1.10 bits per heavy atom. The van der Waals surface area contributed by atoms with Crippen LogP contribution in [0.15, 0.2) is 56.5 Å². The van der Waals surface area contributed by atoms with Gasteiger partial charge in [0.05, 0.1) is 28.5 Å². The van der Waals surface area contributed by atoms with E-state index in [1.807, 2.05) is 0 Å². The van der Waals surface area contributed by atoms with Crippen LogP contribution in [-0.2, 0) is 9.59 Å². The van der Waals surface area contributed by atoms with E-state index in [0.29, 0.717) is 33.4 Å². The minimum absolute atomic E-state index is 0.0947. The first-order valence-corrected chi connectivity index (χ1v) is 10.9. The second kappa shape index (κ2) is 6.46. The summed E-state index contributed by atoms with van der Waals surface area (Å²) in [6.45, 7) is 0. The number of nitro benzene ring substituents is 1. The smallest absolute Gasteiger partial charge is 0.281 e. The van der Waals surface area contributed by atoms with Gasteiger partial charge in [0.25, 0.3) is 17.5 Å². The molecule has 2 bridgehead atoms. The first kappa shape index (κ1) is 18.7. The number of furan rings is 1. The van der Waals surface area contributed by atoms with Crippen molar-refractivity contribution in [2.75, 3.05) is 0 Å². The fraction of sp³-hybridized carbons (Fsp3) is 0.318. The standard InChI is InChI=1S/C22H16BrN3O5/c23-10-1-3-14(17(7-10)26(29)30)18-6-2-11(31-18)9-24-25-21(27)19-12-4-5-13(16-8-15(12)16)20(19)22(25)28/h1-7,9,12-13,15-16,19-20H,8H2/b24-9+/t12-,13-,15-,16-,19-,20+/m1/s1. The first-order valence-electron chi connectivity index (χ1n) is 10.1. The van der Waals surface area contributed by atoms with Gasteiger partial charge < -0.3 is 4.42 Å². The van der Waals surface area contributed by atoms with E-state index in [1.165, 1.54) is 12.3 Å². The van der Waals surface area contributed by atoms with Crippen molar-refractivity contribution in [1.29, 1.82) is 0 Å². The molecule has 0 N–H and O–H groups in total. The molecule has 9 heteroatoms. The van der Waals surface area contributed by atoms with Gasteiger partial charge in [-0.15, -0.1) is 0 Å². The van der Waals surface area contributed by atoms with Crippen LogP contribution in [0.25, 0.3) is 11.3 Å². The number of allylic oxidation sites excluding steroid dienone is 2. The molecule has 8 nitrogen and oxygen atoms in total. The van der Waals surface area contributed by atoms with E-state index in [4.69, 9.17) is 4.42 Å². The predicted molar refractivity (Wildman–Crippen MR) is 113 cm³/mol. The molecule has 7 rings (SSSR count). The molecule has 1 saturated heterocycles. The van der Waals surface area contributed by atoms with Crippen LogP contribution in [0.1, 0.15) is 12.2 Å². The van der Waals surface area contributed by atoms with E-state index in [0.717, 1.165) is 11.4 Å². The largest absolute Gasteiger partial charge is 0.455 e. The Hall–Kier alpha value is -3.07. The molecule has 31 heavy (non-hydrogen) atoms. The quantitative estimate of drug-likeness (QED) is 0.215. The summed E-state index contributed by atoms with van der Waals surface area (Å²) in [5.41, 5.74) is 0.233. The van der Waals surface area contributed by atoms with Crippen LogP contribution in [0.4, 0.5) is 5.69 Å². The third kappa shape index (κ3) is 2.69. The number of halogens is 1. The summed E-state index contributed by atoms with van der Waals surface area (Å²) in [6, 6.07) is 7.89. The van der Waals surface area contributed by atoms with Crippen molar-refractivity contribution in [1.82, 2.24) is 5.01 Å². The van der Waals surface area contributed by atoms with Gasteiger partial charge in [-0.05, 0) is 54.4 Å². The van der Waals surface area contributed by atoms with Crippen molar-refractivity contribution in [3.63, 3.8) is 0 Å². The third-order valence-electron chi connectivity index (χ3n) is 6.99. The summed E-state index contributed by atoms with van der Waals surface area (Å²) < 4.78 is 6.29. The van der Waals surface area contributed by atoms with Gasteiger partial charge in [-0.3, -0.25) is 19.7 Å². The molecule has 6 atom stereocenters. The van der Waals surface area contributed by atoms with Gasteiger partial charge in [0, 0.05) is 10.5 Å². The van der Waals surface area contributed by atoms with Crippen molar-refractivity contribution >= 4 is 39.6 Å². The van der Waals surface area contributed by atoms with Crippen LogP contribution >= 0.6 is 15.9 Å². The Bertz CT molecular complexity index is 1180. The molecule has 156 valence electrons. The molecule has 1 aromatic heterocycles. The number of nitro groups is 1. The molecule has 0 unspecified atom stereocenters. The lowest BCUT2D eigenvalue weighted by atomic mass is 9.63. The normalized spacial score (nSPS) is 32.6. The number of benzene rings is 1. The number of carbonyl (C=O) groups is 2. The second-order valence-corrected chi connectivity index (χ2v) is 9.42. The number of hydrazone groups is 1. The average Bonchev–Trinajstić information content (AvgIpc) is 3.39. The number of hydrogen-bond donors (Lipinski definition) is 0. The minimum Gasteiger partial charge on any atom is -0.455 e. The fourth-order valence-corrected chi connectivity index (χ4v) is 5.95. The lowest BCUT2D eigenvalue weighted by molar-refractivity contribution is -0.384. The monoisotopic (exact) mass is 481 g/mol. The Morgan fingerprint density at radius 2 is 1.77 bits per heavy atom. The van der Waals surface area contributed by atoms with Crippen molar-refractivity contribution in [2.24, 2.45) is 40.6 Å². The first-order chi connectivity index (χ1) is 14.9. The van der Waals surface area contributed by atoms with Gasteiger partial charge in [-0.2, -0.15) is 10.1 Å². The molecular formula is C22H16BrN3O5. The van der Waals surface area contributed by atoms with Crippen LogP contribution in [0.2, 0.25) is 0 Å². The number of rotatable bonds is 4. The van der Waals surface area contributed by atoms with Gasteiger partial charge in [0.1, 0.15) is 11.5 Å². The van der Waals surface area contributed by atoms with E-state index < -0.39 is 4.92 Å². The molecule has 4 aliphatic carbocycles. The fourth-order valence-electron chi connectivity index (χ4n) is 5.60. The van der Waals surface area contributed by atoms with Crippen LogP contribution in [0.5, 0.6) is 0 Å². The van der Waals surface area contributed by atoms with E-state index in [-0.39, 0.29) is 41.2 Å². The summed E-state index contributed by atoms with van der Waals surface area (Å²) in [5.74, 6) is 0.856. The van der Waals surface area contributed by atoms with Crippen LogP contribution in [-0.4, -0.2) is 28.0 Å². The van der Waals surface area contributed by atoms with Crippen molar-refractivity contribution in [3.05, 3.63) is 62.8 Å². The highest BCUT2D eigenvalue weighted by Crippen LogP contribution is 2.65. The summed E-state index contributed by atoms with van der Waals surface area (Å²) in [5, 5.41) is 16.5. The Balaban J connectivity index is 1.26. The second-order valence-electron chi connectivity index (χ2n) is 8.51. The molecule has 0 radical (unpaired) electrons. The van der Waals surface area contributed by atoms with Gasteiger partial charge in [0.2, 0.25) is 0 Å². The molecular weight excluding hydrogens is 466 g/mol. The molecule has 1 aromatic carbocycles. The maximum atomic E-state index is 13.0. The highest BCUT2D eigenvalue weighted by molar-refractivity contribution is 9.10. The number of carbonyl (C=O) groups excluding carboxylic acids is 2. The van der Waals surface area contributed by atoms with Crippen LogP contribution in [0.3, 0.4) is 0 Å². The van der Waals surface area contributed by atoms with E-state index in [2.05, 4.69) is 33.2 Å². The maximum absolute atomic E-state index is 13.0.